The maximum atomic E-state index is 14.2. The van der Waals surface area contributed by atoms with Crippen LogP contribution in [0.25, 0.3) is 11.3 Å². The van der Waals surface area contributed by atoms with E-state index in [0.29, 0.717) is 5.56 Å². The van der Waals surface area contributed by atoms with Gasteiger partial charge in [0.15, 0.2) is 10.3 Å². The lowest BCUT2D eigenvalue weighted by molar-refractivity contribution is -0.270. The summed E-state index contributed by atoms with van der Waals surface area (Å²) in [5.41, 5.74) is 1.81. The highest BCUT2D eigenvalue weighted by Crippen LogP contribution is 2.43. The largest absolute Gasteiger partial charge is 0.422 e. The van der Waals surface area contributed by atoms with Crippen LogP contribution in [-0.4, -0.2) is 27.0 Å². The van der Waals surface area contributed by atoms with Gasteiger partial charge in [-0.15, -0.1) is 11.3 Å². The lowest BCUT2D eigenvalue weighted by atomic mass is 9.86. The third kappa shape index (κ3) is 5.46. The summed E-state index contributed by atoms with van der Waals surface area (Å²) in [6, 6.07) is 6.58. The second-order valence-electron chi connectivity index (χ2n) is 8.58. The predicted octanol–water partition coefficient (Wildman–Crippen LogP) is 5.91. The topological polar surface area (TPSA) is 89.1 Å². The molecule has 0 bridgehead atoms. The van der Waals surface area contributed by atoms with E-state index in [2.05, 4.69) is 9.97 Å². The summed E-state index contributed by atoms with van der Waals surface area (Å²) in [5.74, 6) is -1.18. The van der Waals surface area contributed by atoms with Crippen molar-refractivity contribution >= 4 is 28.7 Å². The van der Waals surface area contributed by atoms with Crippen molar-refractivity contribution in [2.24, 2.45) is 5.73 Å². The number of aliphatic hydroxyl groups is 1. The first-order valence-corrected chi connectivity index (χ1v) is 11.4. The van der Waals surface area contributed by atoms with Crippen LogP contribution in [-0.2, 0) is 11.1 Å². The third-order valence-corrected chi connectivity index (χ3v) is 6.37. The zero-order valence-electron chi connectivity index (χ0n) is 18.5. The molecule has 0 saturated heterocycles. The molecule has 2 heterocycles. The predicted molar refractivity (Wildman–Crippen MR) is 122 cm³/mol. The molecular weight excluding hydrogens is 494 g/mol. The fourth-order valence-electron chi connectivity index (χ4n) is 3.28. The minimum Gasteiger partial charge on any atom is -0.375 e. The number of rotatable bonds is 7. The van der Waals surface area contributed by atoms with Crippen LogP contribution < -0.4 is 5.73 Å². The molecule has 0 spiro atoms. The van der Waals surface area contributed by atoms with Gasteiger partial charge in [0.1, 0.15) is 11.5 Å². The van der Waals surface area contributed by atoms with E-state index in [1.165, 1.54) is 36.6 Å². The fourth-order valence-corrected chi connectivity index (χ4v) is 4.05. The quantitative estimate of drug-likeness (QED) is 0.301. The maximum absolute atomic E-state index is 14.2. The van der Waals surface area contributed by atoms with Crippen LogP contribution >= 0.6 is 22.9 Å². The summed E-state index contributed by atoms with van der Waals surface area (Å²) in [5, 5.41) is 12.2. The molecule has 1 aromatic carbocycles. The number of halogens is 5. The highest BCUT2D eigenvalue weighted by atomic mass is 35.5. The Morgan fingerprint density at radius 3 is 2.38 bits per heavy atom. The van der Waals surface area contributed by atoms with Gasteiger partial charge in [-0.25, -0.2) is 14.4 Å². The van der Waals surface area contributed by atoms with Gasteiger partial charge in [-0.05, 0) is 68.7 Å². The van der Waals surface area contributed by atoms with E-state index < -0.39 is 47.5 Å². The third-order valence-electron chi connectivity index (χ3n) is 5.39. The van der Waals surface area contributed by atoms with Crippen molar-refractivity contribution in [3.8, 4) is 11.3 Å². The molecule has 0 aliphatic carbocycles. The summed E-state index contributed by atoms with van der Waals surface area (Å²) in [7, 11) is 0. The van der Waals surface area contributed by atoms with Crippen LogP contribution in [0.2, 0.25) is 4.47 Å². The lowest BCUT2D eigenvalue weighted by Crippen LogP contribution is -2.44. The van der Waals surface area contributed by atoms with Crippen LogP contribution in [0.15, 0.2) is 35.7 Å². The summed E-state index contributed by atoms with van der Waals surface area (Å²) in [4.78, 5) is 20.2. The summed E-state index contributed by atoms with van der Waals surface area (Å²) in [6.07, 6.45) is -6.81. The van der Waals surface area contributed by atoms with Gasteiger partial charge in [0.2, 0.25) is 5.60 Å². The van der Waals surface area contributed by atoms with Gasteiger partial charge in [0.05, 0.1) is 11.4 Å². The average Bonchev–Trinajstić information content (AvgIpc) is 3.18. The van der Waals surface area contributed by atoms with Gasteiger partial charge < -0.3 is 10.8 Å². The lowest BCUT2D eigenvalue weighted by Gasteiger charge is -2.32. The van der Waals surface area contributed by atoms with E-state index in [-0.39, 0.29) is 27.0 Å². The number of hydrogen-bond acceptors (Lipinski definition) is 6. The molecule has 2 aromatic heterocycles. The first-order valence-electron chi connectivity index (χ1n) is 10.1. The van der Waals surface area contributed by atoms with Gasteiger partial charge in [0, 0.05) is 22.9 Å². The average molecular weight is 516 g/mol. The molecule has 182 valence electrons. The van der Waals surface area contributed by atoms with E-state index in [1.54, 1.807) is 13.8 Å². The number of aromatic nitrogens is 2. The molecule has 0 fully saturated rings. The van der Waals surface area contributed by atoms with Crippen molar-refractivity contribution in [2.75, 3.05) is 0 Å². The molecule has 5 nitrogen and oxygen atoms in total. The van der Waals surface area contributed by atoms with Crippen molar-refractivity contribution in [1.29, 1.82) is 0 Å². The Labute approximate surface area is 202 Å². The standard InChI is InChI=1S/C23H22ClF4N3O2S/c1-12-8-13(4-5-15(12)25)16-9-14(21(2,3)29)10-19(30-16)22(33,23(26,27)28)7-6-18(32)17-11-34-20(24)31-17/h4-5,8-11,33H,6-7,29H2,1-3H3. The molecule has 0 saturated carbocycles. The number of thiazole rings is 1. The maximum Gasteiger partial charge on any atom is 0.422 e. The number of benzene rings is 1. The molecule has 0 radical (unpaired) electrons. The molecule has 3 rings (SSSR count). The smallest absolute Gasteiger partial charge is 0.375 e. The Balaban J connectivity index is 2.10. The molecular formula is C23H22ClF4N3O2S. The summed E-state index contributed by atoms with van der Waals surface area (Å²) in [6.45, 7) is 4.70. The molecule has 0 aliphatic heterocycles. The van der Waals surface area contributed by atoms with Gasteiger partial charge in [-0.3, -0.25) is 4.79 Å². The molecule has 0 aliphatic rings. The zero-order chi connectivity index (χ0) is 25.5. The summed E-state index contributed by atoms with van der Waals surface area (Å²) >= 11 is 6.67. The van der Waals surface area contributed by atoms with Crippen molar-refractivity contribution in [1.82, 2.24) is 9.97 Å². The highest BCUT2D eigenvalue weighted by Gasteiger charge is 2.56. The number of carbonyl (C=O) groups excluding carboxylic acids is 1. The van der Waals surface area contributed by atoms with E-state index >= 15 is 0 Å². The Kier molecular flexibility index (Phi) is 7.19. The van der Waals surface area contributed by atoms with E-state index in [4.69, 9.17) is 17.3 Å². The zero-order valence-corrected chi connectivity index (χ0v) is 20.1. The Morgan fingerprint density at radius 2 is 1.85 bits per heavy atom. The molecule has 3 N–H and O–H groups in total. The fraction of sp³-hybridized carbons (Fsp3) is 0.348. The Bertz CT molecular complexity index is 1220. The van der Waals surface area contributed by atoms with Crippen LogP contribution in [0.4, 0.5) is 17.6 Å². The van der Waals surface area contributed by atoms with Crippen LogP contribution in [0.3, 0.4) is 0 Å². The van der Waals surface area contributed by atoms with Crippen LogP contribution in [0.5, 0.6) is 0 Å². The van der Waals surface area contributed by atoms with Gasteiger partial charge >= 0.3 is 6.18 Å². The van der Waals surface area contributed by atoms with E-state index in [1.807, 2.05) is 0 Å². The number of pyridine rings is 1. The Hall–Kier alpha value is -2.40. The Morgan fingerprint density at radius 1 is 1.18 bits per heavy atom. The number of nitrogens with two attached hydrogens (primary N) is 1. The molecule has 1 unspecified atom stereocenters. The first kappa shape index (κ1) is 26.2. The number of carbonyl (C=O) groups is 1. The number of nitrogens with zero attached hydrogens (tertiary/aromatic N) is 2. The SMILES string of the molecule is Cc1cc(-c2cc(C(C)(C)N)cc(C(O)(CCC(=O)c3csc(Cl)n3)C(F)(F)F)n2)ccc1F. The number of alkyl halides is 3. The van der Waals surface area contributed by atoms with Gasteiger partial charge in [-0.2, -0.15) is 13.2 Å². The first-order chi connectivity index (χ1) is 15.6. The second kappa shape index (κ2) is 9.33. The monoisotopic (exact) mass is 515 g/mol. The van der Waals surface area contributed by atoms with Gasteiger partial charge in [-0.1, -0.05) is 11.6 Å². The molecule has 3 aromatic rings. The van der Waals surface area contributed by atoms with Crippen molar-refractivity contribution < 1.29 is 27.5 Å². The van der Waals surface area contributed by atoms with Crippen LogP contribution in [0, 0.1) is 12.7 Å². The number of ketones is 1. The van der Waals surface area contributed by atoms with Crippen molar-refractivity contribution in [2.45, 2.75) is 50.9 Å². The van der Waals surface area contributed by atoms with Gasteiger partial charge in [0.25, 0.3) is 0 Å². The number of aryl methyl sites for hydroxylation is 1. The minimum atomic E-state index is -5.16. The molecule has 11 heteroatoms. The molecule has 34 heavy (non-hydrogen) atoms. The normalized spacial score (nSPS) is 14.2. The van der Waals surface area contributed by atoms with Crippen molar-refractivity contribution in [3.63, 3.8) is 0 Å². The summed E-state index contributed by atoms with van der Waals surface area (Å²) < 4.78 is 56.5. The minimum absolute atomic E-state index is 0.0770. The number of hydrogen-bond donors (Lipinski definition) is 2. The number of Topliss-reactive ketones (excluding diaryl/α,β-unsaturated/α-hetero) is 1. The van der Waals surface area contributed by atoms with E-state index in [0.717, 1.165) is 17.4 Å². The van der Waals surface area contributed by atoms with E-state index in [9.17, 15) is 27.5 Å². The molecule has 1 atom stereocenters. The second-order valence-corrected chi connectivity index (χ2v) is 10.0. The van der Waals surface area contributed by atoms with Crippen LogP contribution in [0.1, 0.15) is 54.0 Å². The molecule has 0 amide bonds. The highest BCUT2D eigenvalue weighted by molar-refractivity contribution is 7.14. The van der Waals surface area contributed by atoms with Crippen molar-refractivity contribution in [3.05, 3.63) is 68.5 Å².